The Kier molecular flexibility index (Phi) is 7.84. The van der Waals surface area contributed by atoms with Crippen LogP contribution in [0.25, 0.3) is 10.2 Å². The van der Waals surface area contributed by atoms with Crippen LogP contribution in [0.3, 0.4) is 0 Å². The van der Waals surface area contributed by atoms with Gasteiger partial charge in [-0.25, -0.2) is 4.98 Å². The third-order valence-electron chi connectivity index (χ3n) is 5.50. The van der Waals surface area contributed by atoms with E-state index in [1.165, 1.54) is 16.2 Å². The van der Waals surface area contributed by atoms with E-state index in [2.05, 4.69) is 4.90 Å². The first-order chi connectivity index (χ1) is 15.3. The molecule has 0 atom stereocenters. The fourth-order valence-corrected chi connectivity index (χ4v) is 4.86. The topological polar surface area (TPSA) is 73.8 Å². The molecule has 0 unspecified atom stereocenters. The zero-order valence-corrected chi connectivity index (χ0v) is 20.5. The third kappa shape index (κ3) is 5.24. The van der Waals surface area contributed by atoms with Crippen LogP contribution in [0.2, 0.25) is 0 Å². The average molecular weight is 487 g/mol. The zero-order valence-electron chi connectivity index (χ0n) is 18.9. The van der Waals surface area contributed by atoms with Crippen molar-refractivity contribution < 1.29 is 14.4 Å². The number of rotatable bonds is 7. The third-order valence-corrected chi connectivity index (χ3v) is 6.54. The molecule has 1 saturated heterocycles. The van der Waals surface area contributed by atoms with Crippen LogP contribution in [0.15, 0.2) is 42.5 Å². The average Bonchev–Trinajstić information content (AvgIpc) is 3.34. The van der Waals surface area contributed by atoms with E-state index in [1.807, 2.05) is 39.2 Å². The first-order valence-corrected chi connectivity index (χ1v) is 11.5. The standard InChI is InChI=1S/C24H26N4O3S.ClH/c1-16-6-4-7-19-22(16)25-24(32-19)27(15-5-14-26(2)3)23(31)17-8-10-18(11-9-17)28-20(29)12-13-21(28)30;/h4,6-11H,5,12-15H2,1-3H3;1H. The number of carbonyl (C=O) groups excluding carboxylic acids is 3. The molecule has 174 valence electrons. The number of halogens is 1. The maximum Gasteiger partial charge on any atom is 0.260 e. The Bertz CT molecular complexity index is 1160. The van der Waals surface area contributed by atoms with Gasteiger partial charge in [0.1, 0.15) is 0 Å². The van der Waals surface area contributed by atoms with Gasteiger partial charge in [0.15, 0.2) is 5.13 Å². The van der Waals surface area contributed by atoms with Crippen LogP contribution in [0.4, 0.5) is 10.8 Å². The predicted molar refractivity (Wildman–Crippen MR) is 135 cm³/mol. The summed E-state index contributed by atoms with van der Waals surface area (Å²) in [5, 5.41) is 0.673. The van der Waals surface area contributed by atoms with Crippen LogP contribution < -0.4 is 9.80 Å². The molecular weight excluding hydrogens is 460 g/mol. The lowest BCUT2D eigenvalue weighted by Crippen LogP contribution is -2.33. The van der Waals surface area contributed by atoms with Crippen molar-refractivity contribution in [2.45, 2.75) is 26.2 Å². The van der Waals surface area contributed by atoms with Crippen molar-refractivity contribution in [3.8, 4) is 0 Å². The number of hydrogen-bond donors (Lipinski definition) is 0. The second kappa shape index (κ2) is 10.4. The minimum absolute atomic E-state index is 0. The van der Waals surface area contributed by atoms with Crippen LogP contribution in [0.1, 0.15) is 35.2 Å². The molecule has 3 amide bonds. The summed E-state index contributed by atoms with van der Waals surface area (Å²) in [4.78, 5) is 47.3. The number of thiazole rings is 1. The molecule has 0 spiro atoms. The molecule has 1 aromatic heterocycles. The van der Waals surface area contributed by atoms with Crippen molar-refractivity contribution in [1.82, 2.24) is 9.88 Å². The normalized spacial score (nSPS) is 13.6. The van der Waals surface area contributed by atoms with E-state index in [9.17, 15) is 14.4 Å². The van der Waals surface area contributed by atoms with Crippen LogP contribution >= 0.6 is 23.7 Å². The van der Waals surface area contributed by atoms with Gasteiger partial charge in [0.05, 0.1) is 15.9 Å². The second-order valence-electron chi connectivity index (χ2n) is 8.20. The molecule has 9 heteroatoms. The number of anilines is 2. The van der Waals surface area contributed by atoms with Crippen LogP contribution in [0, 0.1) is 6.92 Å². The maximum absolute atomic E-state index is 13.5. The molecule has 0 N–H and O–H groups in total. The minimum Gasteiger partial charge on any atom is -0.309 e. The van der Waals surface area contributed by atoms with Gasteiger partial charge in [-0.15, -0.1) is 12.4 Å². The number of aromatic nitrogens is 1. The Balaban J connectivity index is 0.00000306. The Hall–Kier alpha value is -2.81. The molecule has 3 aromatic rings. The van der Waals surface area contributed by atoms with E-state index in [0.717, 1.165) is 28.7 Å². The van der Waals surface area contributed by atoms with Gasteiger partial charge >= 0.3 is 0 Å². The lowest BCUT2D eigenvalue weighted by molar-refractivity contribution is -0.121. The van der Waals surface area contributed by atoms with Gasteiger partial charge in [-0.05, 0) is 69.9 Å². The highest BCUT2D eigenvalue weighted by Gasteiger charge is 2.30. The van der Waals surface area contributed by atoms with Crippen molar-refractivity contribution in [1.29, 1.82) is 0 Å². The van der Waals surface area contributed by atoms with Gasteiger partial charge in [-0.1, -0.05) is 23.5 Å². The first kappa shape index (κ1) is 24.8. The lowest BCUT2D eigenvalue weighted by Gasteiger charge is -2.21. The van der Waals surface area contributed by atoms with Crippen molar-refractivity contribution in [2.24, 2.45) is 0 Å². The lowest BCUT2D eigenvalue weighted by atomic mass is 10.1. The second-order valence-corrected chi connectivity index (χ2v) is 9.21. The molecule has 0 bridgehead atoms. The molecule has 0 saturated carbocycles. The predicted octanol–water partition coefficient (Wildman–Crippen LogP) is 4.28. The highest BCUT2D eigenvalue weighted by molar-refractivity contribution is 7.22. The molecule has 1 aliphatic rings. The summed E-state index contributed by atoms with van der Waals surface area (Å²) in [7, 11) is 4.01. The molecule has 4 rings (SSSR count). The van der Waals surface area contributed by atoms with Gasteiger partial charge in [0.25, 0.3) is 5.91 Å². The largest absolute Gasteiger partial charge is 0.309 e. The summed E-state index contributed by atoms with van der Waals surface area (Å²) < 4.78 is 1.05. The minimum atomic E-state index is -0.204. The quantitative estimate of drug-likeness (QED) is 0.466. The van der Waals surface area contributed by atoms with Crippen molar-refractivity contribution >= 4 is 62.5 Å². The molecule has 7 nitrogen and oxygen atoms in total. The molecule has 2 aromatic carbocycles. The van der Waals surface area contributed by atoms with E-state index in [0.29, 0.717) is 22.9 Å². The smallest absolute Gasteiger partial charge is 0.260 e. The summed E-state index contributed by atoms with van der Waals surface area (Å²) in [5.41, 5.74) is 2.99. The van der Waals surface area contributed by atoms with Gasteiger partial charge in [-0.3, -0.25) is 24.2 Å². The number of nitrogens with zero attached hydrogens (tertiary/aromatic N) is 4. The summed E-state index contributed by atoms with van der Waals surface area (Å²) >= 11 is 1.51. The Morgan fingerprint density at radius 2 is 1.70 bits per heavy atom. The van der Waals surface area contributed by atoms with Gasteiger partial charge in [0.2, 0.25) is 11.8 Å². The number of fused-ring (bicyclic) bond motifs is 1. The molecular formula is C24H27ClN4O3S. The SMILES string of the molecule is Cc1cccc2sc(N(CCCN(C)C)C(=O)c3ccc(N4C(=O)CCC4=O)cc3)nc12.Cl. The van der Waals surface area contributed by atoms with Gasteiger partial charge in [-0.2, -0.15) is 0 Å². The molecule has 33 heavy (non-hydrogen) atoms. The highest BCUT2D eigenvalue weighted by Crippen LogP contribution is 2.32. The fraction of sp³-hybridized carbons (Fsp3) is 0.333. The summed E-state index contributed by atoms with van der Waals surface area (Å²) in [6.07, 6.45) is 1.27. The van der Waals surface area contributed by atoms with E-state index in [-0.39, 0.29) is 43.0 Å². The monoisotopic (exact) mass is 486 g/mol. The van der Waals surface area contributed by atoms with Crippen molar-refractivity contribution in [3.05, 3.63) is 53.6 Å². The number of imide groups is 1. The number of hydrogen-bond acceptors (Lipinski definition) is 6. The summed E-state index contributed by atoms with van der Waals surface area (Å²) in [6.45, 7) is 3.41. The number of carbonyl (C=O) groups is 3. The van der Waals surface area contributed by atoms with Crippen LogP contribution in [0.5, 0.6) is 0 Å². The fourth-order valence-electron chi connectivity index (χ4n) is 3.79. The maximum atomic E-state index is 13.5. The molecule has 2 heterocycles. The molecule has 1 fully saturated rings. The van der Waals surface area contributed by atoms with Crippen molar-refractivity contribution in [2.75, 3.05) is 37.0 Å². The molecule has 0 radical (unpaired) electrons. The van der Waals surface area contributed by atoms with Crippen LogP contribution in [-0.2, 0) is 9.59 Å². The van der Waals surface area contributed by atoms with Crippen molar-refractivity contribution in [3.63, 3.8) is 0 Å². The number of aryl methyl sites for hydroxylation is 1. The first-order valence-electron chi connectivity index (χ1n) is 10.6. The molecule has 0 aliphatic carbocycles. The zero-order chi connectivity index (χ0) is 22.8. The number of benzene rings is 2. The van der Waals surface area contributed by atoms with E-state index in [1.54, 1.807) is 29.2 Å². The van der Waals surface area contributed by atoms with Crippen LogP contribution in [-0.4, -0.2) is 54.8 Å². The Labute approximate surface area is 203 Å². The molecule has 1 aliphatic heterocycles. The highest BCUT2D eigenvalue weighted by atomic mass is 35.5. The van der Waals surface area contributed by atoms with E-state index < -0.39 is 0 Å². The summed E-state index contributed by atoms with van der Waals surface area (Å²) in [6, 6.07) is 12.7. The summed E-state index contributed by atoms with van der Waals surface area (Å²) in [5.74, 6) is -0.556. The van der Waals surface area contributed by atoms with Gasteiger partial charge in [0, 0.05) is 24.9 Å². The Morgan fingerprint density at radius 1 is 1.03 bits per heavy atom. The number of amides is 3. The van der Waals surface area contributed by atoms with E-state index >= 15 is 0 Å². The van der Waals surface area contributed by atoms with Gasteiger partial charge < -0.3 is 4.90 Å². The Morgan fingerprint density at radius 3 is 2.30 bits per heavy atom. The van der Waals surface area contributed by atoms with E-state index in [4.69, 9.17) is 4.98 Å². The number of para-hydroxylation sites is 1.